The first-order valence-electron chi connectivity index (χ1n) is 8.27. The van der Waals surface area contributed by atoms with Gasteiger partial charge in [0.1, 0.15) is 0 Å². The van der Waals surface area contributed by atoms with Gasteiger partial charge in [0.05, 0.1) is 12.0 Å². The molecule has 1 amide bonds. The molecule has 0 aromatic heterocycles. The van der Waals surface area contributed by atoms with Gasteiger partial charge in [-0.2, -0.15) is 0 Å². The van der Waals surface area contributed by atoms with E-state index in [1.54, 1.807) is 0 Å². The van der Waals surface area contributed by atoms with Crippen LogP contribution < -0.4 is 0 Å². The van der Waals surface area contributed by atoms with Crippen LogP contribution in [0.5, 0.6) is 0 Å². The lowest BCUT2D eigenvalue weighted by Crippen LogP contribution is -2.49. The molecule has 0 unspecified atom stereocenters. The van der Waals surface area contributed by atoms with Gasteiger partial charge in [0.25, 0.3) is 0 Å². The van der Waals surface area contributed by atoms with Crippen LogP contribution >= 0.6 is 11.6 Å². The molecular weight excluding hydrogens is 298 g/mol. The van der Waals surface area contributed by atoms with Crippen molar-refractivity contribution >= 4 is 17.5 Å². The number of benzene rings is 1. The first kappa shape index (κ1) is 14.5. The Hall–Kier alpha value is -1.06. The van der Waals surface area contributed by atoms with Crippen molar-refractivity contribution in [2.45, 2.75) is 37.5 Å². The van der Waals surface area contributed by atoms with Crippen LogP contribution in [-0.2, 0) is 14.9 Å². The van der Waals surface area contributed by atoms with Crippen molar-refractivity contribution in [2.75, 3.05) is 26.3 Å². The van der Waals surface area contributed by atoms with Crippen LogP contribution in [0, 0.1) is 5.41 Å². The summed E-state index contributed by atoms with van der Waals surface area (Å²) >= 11 is 5.98. The highest BCUT2D eigenvalue weighted by atomic mass is 35.5. The molecule has 0 N–H and O–H groups in total. The molecule has 1 aromatic carbocycles. The van der Waals surface area contributed by atoms with Crippen molar-refractivity contribution in [1.82, 2.24) is 4.90 Å². The summed E-state index contributed by atoms with van der Waals surface area (Å²) < 4.78 is 5.61. The largest absolute Gasteiger partial charge is 0.381 e. The number of hydrogen-bond donors (Lipinski definition) is 0. The maximum Gasteiger partial charge on any atom is 0.233 e. The third kappa shape index (κ3) is 2.35. The molecule has 3 fully saturated rings. The second-order valence-electron chi connectivity index (χ2n) is 7.22. The number of piperidine rings is 1. The maximum atomic E-state index is 13.2. The van der Waals surface area contributed by atoms with E-state index in [1.165, 1.54) is 6.42 Å². The van der Waals surface area contributed by atoms with Crippen molar-refractivity contribution in [3.8, 4) is 0 Å². The molecule has 1 aliphatic carbocycles. The van der Waals surface area contributed by atoms with E-state index in [4.69, 9.17) is 16.3 Å². The Bertz CT molecular complexity index is 573. The van der Waals surface area contributed by atoms with Crippen LogP contribution in [0.4, 0.5) is 0 Å². The molecule has 1 spiro atoms. The molecule has 1 saturated carbocycles. The zero-order valence-electron chi connectivity index (χ0n) is 12.8. The first-order valence-corrected chi connectivity index (χ1v) is 8.65. The summed E-state index contributed by atoms with van der Waals surface area (Å²) in [5.74, 6) is 0.320. The van der Waals surface area contributed by atoms with Gasteiger partial charge in [0.2, 0.25) is 5.91 Å². The van der Waals surface area contributed by atoms with Gasteiger partial charge in [0.15, 0.2) is 0 Å². The molecule has 3 nitrogen and oxygen atoms in total. The van der Waals surface area contributed by atoms with Crippen molar-refractivity contribution in [3.05, 3.63) is 34.9 Å². The average molecular weight is 320 g/mol. The smallest absolute Gasteiger partial charge is 0.233 e. The number of carbonyl (C=O) groups is 1. The summed E-state index contributed by atoms with van der Waals surface area (Å²) in [6, 6.07) is 7.83. The summed E-state index contributed by atoms with van der Waals surface area (Å²) in [5.41, 5.74) is 1.08. The van der Waals surface area contributed by atoms with Gasteiger partial charge in [-0.15, -0.1) is 0 Å². The molecule has 0 radical (unpaired) electrons. The number of hydrogen-bond acceptors (Lipinski definition) is 2. The highest BCUT2D eigenvalue weighted by Gasteiger charge is 2.54. The SMILES string of the molecule is O=C(N1CCC[C@]2(CCOC2)C1)C1(c2ccc(Cl)cc2)CC1. The number of carbonyl (C=O) groups excluding carboxylic acids is 1. The van der Waals surface area contributed by atoms with E-state index < -0.39 is 0 Å². The van der Waals surface area contributed by atoms with Gasteiger partial charge in [-0.05, 0) is 49.8 Å². The predicted molar refractivity (Wildman–Crippen MR) is 86.0 cm³/mol. The van der Waals surface area contributed by atoms with Gasteiger partial charge in [0, 0.05) is 30.1 Å². The Labute approximate surface area is 136 Å². The van der Waals surface area contributed by atoms with Crippen LogP contribution in [0.25, 0.3) is 0 Å². The molecule has 2 heterocycles. The third-order valence-corrected chi connectivity index (χ3v) is 5.94. The van der Waals surface area contributed by atoms with Crippen LogP contribution in [0.3, 0.4) is 0 Å². The van der Waals surface area contributed by atoms with Crippen LogP contribution in [-0.4, -0.2) is 37.1 Å². The number of nitrogens with zero attached hydrogens (tertiary/aromatic N) is 1. The standard InChI is InChI=1S/C18H22ClNO2/c19-15-4-2-14(3-5-15)18(7-8-18)16(21)20-10-1-6-17(12-20)9-11-22-13-17/h2-5H,1,6-13H2/t17-/m0/s1. The molecule has 3 aliphatic rings. The maximum absolute atomic E-state index is 13.2. The van der Waals surface area contributed by atoms with Crippen LogP contribution in [0.1, 0.15) is 37.7 Å². The Balaban J connectivity index is 1.55. The Kier molecular flexibility index (Phi) is 3.46. The van der Waals surface area contributed by atoms with E-state index in [2.05, 4.69) is 4.90 Å². The molecular formula is C18H22ClNO2. The lowest BCUT2D eigenvalue weighted by atomic mass is 9.78. The summed E-state index contributed by atoms with van der Waals surface area (Å²) in [6.45, 7) is 3.45. The Morgan fingerprint density at radius 1 is 1.14 bits per heavy atom. The molecule has 118 valence electrons. The molecule has 0 bridgehead atoms. The predicted octanol–water partition coefficient (Wildman–Crippen LogP) is 3.40. The first-order chi connectivity index (χ1) is 10.6. The monoisotopic (exact) mass is 319 g/mol. The van der Waals surface area contributed by atoms with Gasteiger partial charge >= 0.3 is 0 Å². The fourth-order valence-corrected chi connectivity index (χ4v) is 4.30. The Morgan fingerprint density at radius 2 is 1.91 bits per heavy atom. The molecule has 4 heteroatoms. The molecule has 2 aliphatic heterocycles. The zero-order valence-corrected chi connectivity index (χ0v) is 13.6. The van der Waals surface area contributed by atoms with E-state index in [-0.39, 0.29) is 10.8 Å². The second kappa shape index (κ2) is 5.24. The number of halogens is 1. The van der Waals surface area contributed by atoms with Gasteiger partial charge in [-0.1, -0.05) is 23.7 Å². The van der Waals surface area contributed by atoms with E-state index in [0.717, 1.165) is 62.6 Å². The number of rotatable bonds is 2. The second-order valence-corrected chi connectivity index (χ2v) is 7.66. The topological polar surface area (TPSA) is 29.5 Å². The van der Waals surface area contributed by atoms with Gasteiger partial charge < -0.3 is 9.64 Å². The summed E-state index contributed by atoms with van der Waals surface area (Å²) in [4.78, 5) is 15.3. The number of likely N-dealkylation sites (tertiary alicyclic amines) is 1. The minimum atomic E-state index is -0.275. The lowest BCUT2D eigenvalue weighted by Gasteiger charge is -2.41. The summed E-state index contributed by atoms with van der Waals surface area (Å²) in [7, 11) is 0. The van der Waals surface area contributed by atoms with E-state index in [1.807, 2.05) is 24.3 Å². The number of ether oxygens (including phenoxy) is 1. The minimum absolute atomic E-state index is 0.226. The third-order valence-electron chi connectivity index (χ3n) is 5.69. The zero-order chi connectivity index (χ0) is 15.2. The summed E-state index contributed by atoms with van der Waals surface area (Å²) in [5, 5.41) is 0.729. The summed E-state index contributed by atoms with van der Waals surface area (Å²) in [6.07, 6.45) is 5.34. The van der Waals surface area contributed by atoms with Crippen molar-refractivity contribution in [3.63, 3.8) is 0 Å². The van der Waals surface area contributed by atoms with Gasteiger partial charge in [-0.25, -0.2) is 0 Å². The molecule has 4 rings (SSSR count). The molecule has 2 saturated heterocycles. The fourth-order valence-electron chi connectivity index (χ4n) is 4.18. The van der Waals surface area contributed by atoms with Gasteiger partial charge in [-0.3, -0.25) is 4.79 Å². The molecule has 1 atom stereocenters. The average Bonchev–Trinajstić information content (AvgIpc) is 3.23. The molecule has 1 aromatic rings. The van der Waals surface area contributed by atoms with E-state index >= 15 is 0 Å². The fraction of sp³-hybridized carbons (Fsp3) is 0.611. The van der Waals surface area contributed by atoms with Crippen molar-refractivity contribution < 1.29 is 9.53 Å². The number of amides is 1. The van der Waals surface area contributed by atoms with Crippen molar-refractivity contribution in [1.29, 1.82) is 0 Å². The van der Waals surface area contributed by atoms with E-state index in [0.29, 0.717) is 5.91 Å². The highest BCUT2D eigenvalue weighted by Crippen LogP contribution is 2.51. The van der Waals surface area contributed by atoms with Crippen molar-refractivity contribution in [2.24, 2.45) is 5.41 Å². The Morgan fingerprint density at radius 3 is 2.55 bits per heavy atom. The molecule has 22 heavy (non-hydrogen) atoms. The quantitative estimate of drug-likeness (QED) is 0.836. The normalized spacial score (nSPS) is 29.8. The highest BCUT2D eigenvalue weighted by molar-refractivity contribution is 6.30. The van der Waals surface area contributed by atoms with Crippen LogP contribution in [0.15, 0.2) is 24.3 Å². The van der Waals surface area contributed by atoms with Crippen LogP contribution in [0.2, 0.25) is 5.02 Å². The lowest BCUT2D eigenvalue weighted by molar-refractivity contribution is -0.137. The minimum Gasteiger partial charge on any atom is -0.381 e. The van der Waals surface area contributed by atoms with E-state index in [9.17, 15) is 4.79 Å².